The third-order valence-corrected chi connectivity index (χ3v) is 8.31. The second-order valence-corrected chi connectivity index (χ2v) is 11.7. The molecule has 0 saturated heterocycles. The van der Waals surface area contributed by atoms with Gasteiger partial charge in [-0.1, -0.05) is 40.2 Å². The fourth-order valence-electron chi connectivity index (χ4n) is 5.39. The van der Waals surface area contributed by atoms with Gasteiger partial charge in [-0.15, -0.1) is 0 Å². The Morgan fingerprint density at radius 2 is 1.71 bits per heavy atom. The minimum atomic E-state index is -1.06. The quantitative estimate of drug-likeness (QED) is 0.246. The van der Waals surface area contributed by atoms with Gasteiger partial charge in [-0.25, -0.2) is 0 Å². The van der Waals surface area contributed by atoms with Crippen molar-refractivity contribution < 1.29 is 23.9 Å². The van der Waals surface area contributed by atoms with Gasteiger partial charge in [0.1, 0.15) is 11.8 Å². The second-order valence-electron chi connectivity index (χ2n) is 10.8. The highest BCUT2D eigenvalue weighted by atomic mass is 79.9. The Morgan fingerprint density at radius 1 is 1.00 bits per heavy atom. The lowest BCUT2D eigenvalue weighted by Gasteiger charge is -2.27. The molecule has 5 rings (SSSR count). The van der Waals surface area contributed by atoms with Gasteiger partial charge in [-0.05, 0) is 79.3 Å². The lowest BCUT2D eigenvalue weighted by Crippen LogP contribution is -2.55. The van der Waals surface area contributed by atoms with Crippen LogP contribution in [-0.4, -0.2) is 56.4 Å². The van der Waals surface area contributed by atoms with E-state index >= 15 is 0 Å². The fraction of sp³-hybridized carbons (Fsp3) is 0.235. The summed E-state index contributed by atoms with van der Waals surface area (Å²) in [6.45, 7) is 3.13. The normalized spacial score (nSPS) is 15.2. The predicted molar refractivity (Wildman–Crippen MR) is 179 cm³/mol. The van der Waals surface area contributed by atoms with Crippen LogP contribution in [0.1, 0.15) is 29.8 Å². The van der Waals surface area contributed by atoms with Gasteiger partial charge < -0.3 is 30.5 Å². The number of hydrogen-bond acceptors (Lipinski definition) is 6. The summed E-state index contributed by atoms with van der Waals surface area (Å²) in [6, 6.07) is 21.8. The number of nitrogens with zero attached hydrogens (tertiary/aromatic N) is 2. The van der Waals surface area contributed by atoms with Crippen LogP contribution in [0.4, 0.5) is 17.1 Å². The smallest absolute Gasteiger partial charge is 0.258 e. The van der Waals surface area contributed by atoms with Crippen LogP contribution < -0.4 is 30.5 Å². The maximum absolute atomic E-state index is 14.5. The average molecular weight is 673 g/mol. The van der Waals surface area contributed by atoms with Gasteiger partial charge in [0, 0.05) is 28.2 Å². The lowest BCUT2D eigenvalue weighted by molar-refractivity contribution is -0.128. The molecule has 0 spiro atoms. The Hall–Kier alpha value is -4.74. The minimum Gasteiger partial charge on any atom is -0.496 e. The molecule has 4 amide bonds. The van der Waals surface area contributed by atoms with E-state index in [0.717, 1.165) is 20.8 Å². The van der Waals surface area contributed by atoms with Crippen LogP contribution in [0, 0.1) is 0 Å². The van der Waals surface area contributed by atoms with Crippen LogP contribution in [-0.2, 0) is 20.9 Å². The van der Waals surface area contributed by atoms with Crippen molar-refractivity contribution >= 4 is 67.4 Å². The van der Waals surface area contributed by atoms with Gasteiger partial charge in [0.05, 0.1) is 37.6 Å². The number of methoxy groups -OCH3 is 1. The molecule has 0 bridgehead atoms. The van der Waals surface area contributed by atoms with Crippen molar-refractivity contribution in [2.24, 2.45) is 0 Å². The molecule has 45 heavy (non-hydrogen) atoms. The Morgan fingerprint density at radius 3 is 2.38 bits per heavy atom. The van der Waals surface area contributed by atoms with Crippen molar-refractivity contribution in [1.29, 1.82) is 0 Å². The number of amides is 4. The Bertz CT molecular complexity index is 1780. The molecule has 0 fully saturated rings. The summed E-state index contributed by atoms with van der Waals surface area (Å²) in [7, 11) is 3.24. The molecule has 1 heterocycles. The van der Waals surface area contributed by atoms with E-state index < -0.39 is 12.1 Å². The first-order chi connectivity index (χ1) is 21.6. The molecule has 11 heteroatoms. The number of likely N-dealkylation sites (N-methyl/N-ethyl adjacent to an activating group) is 1. The molecule has 0 aromatic heterocycles. The lowest BCUT2D eigenvalue weighted by atomic mass is 10.0. The Labute approximate surface area is 269 Å². The van der Waals surface area contributed by atoms with Gasteiger partial charge in [0.2, 0.25) is 11.8 Å². The van der Waals surface area contributed by atoms with Crippen molar-refractivity contribution in [3.8, 4) is 5.75 Å². The van der Waals surface area contributed by atoms with Gasteiger partial charge in [-0.3, -0.25) is 19.2 Å². The maximum atomic E-state index is 14.5. The highest BCUT2D eigenvalue weighted by molar-refractivity contribution is 9.10. The molecule has 10 nitrogen and oxygen atoms in total. The highest BCUT2D eigenvalue weighted by Gasteiger charge is 2.38. The van der Waals surface area contributed by atoms with Gasteiger partial charge in [-0.2, -0.15) is 0 Å². The number of fused-ring (bicyclic) bond motifs is 2. The first kappa shape index (κ1) is 31.7. The first-order valence-electron chi connectivity index (χ1n) is 14.4. The molecule has 3 N–H and O–H groups in total. The molecular formula is C34H34BrN5O5. The van der Waals surface area contributed by atoms with Crippen LogP contribution >= 0.6 is 15.9 Å². The zero-order chi connectivity index (χ0) is 32.2. The van der Waals surface area contributed by atoms with Gasteiger partial charge >= 0.3 is 0 Å². The molecule has 1 aliphatic heterocycles. The highest BCUT2D eigenvalue weighted by Crippen LogP contribution is 2.38. The molecular weight excluding hydrogens is 638 g/mol. The topological polar surface area (TPSA) is 120 Å². The third-order valence-electron chi connectivity index (χ3n) is 7.82. The summed E-state index contributed by atoms with van der Waals surface area (Å²) in [5.41, 5.74) is 2.73. The summed E-state index contributed by atoms with van der Waals surface area (Å²) in [6.07, 6.45) is 0. The van der Waals surface area contributed by atoms with Gasteiger partial charge in [0.25, 0.3) is 11.8 Å². The number of carbonyl (C=O) groups excluding carboxylic acids is 4. The van der Waals surface area contributed by atoms with E-state index in [4.69, 9.17) is 4.74 Å². The first-order valence-corrected chi connectivity index (χ1v) is 15.2. The predicted octanol–water partition coefficient (Wildman–Crippen LogP) is 4.86. The number of halogens is 1. The molecule has 1 unspecified atom stereocenters. The summed E-state index contributed by atoms with van der Waals surface area (Å²) < 4.78 is 6.67. The van der Waals surface area contributed by atoms with Gasteiger partial charge in [0.15, 0.2) is 0 Å². The van der Waals surface area contributed by atoms with E-state index in [0.29, 0.717) is 28.4 Å². The van der Waals surface area contributed by atoms with Crippen molar-refractivity contribution in [3.05, 3.63) is 94.5 Å². The van der Waals surface area contributed by atoms with Crippen molar-refractivity contribution in [2.45, 2.75) is 32.5 Å². The summed E-state index contributed by atoms with van der Waals surface area (Å²) in [5, 5.41) is 10.3. The van der Waals surface area contributed by atoms with Crippen LogP contribution in [0.15, 0.2) is 83.3 Å². The van der Waals surface area contributed by atoms with E-state index in [1.54, 1.807) is 68.4 Å². The Kier molecular flexibility index (Phi) is 9.50. The molecule has 0 aliphatic carbocycles. The standard InChI is InChI=1S/C34H34BrN5O5/c1-20(36-3)32(42)38-28-19-40(33(43)22-9-13-25(14-10-22)37-21(2)41)30-8-6-5-7-29(30)39(34(28)44)18-27-26-15-12-24(35)17-23(26)11-16-31(27)45-4/h5-17,20,28,36H,18-19H2,1-4H3,(H,37,41)(H,38,42)/t20?,28-/m0/s1. The van der Waals surface area contributed by atoms with Crippen molar-refractivity contribution in [2.75, 3.05) is 35.8 Å². The van der Waals surface area contributed by atoms with Crippen LogP contribution in [0.2, 0.25) is 0 Å². The number of nitrogens with one attached hydrogen (secondary N) is 3. The third kappa shape index (κ3) is 6.69. The molecule has 232 valence electrons. The van der Waals surface area contributed by atoms with Crippen molar-refractivity contribution in [1.82, 2.24) is 10.6 Å². The number of rotatable bonds is 8. The number of para-hydroxylation sites is 2. The number of hydrogen-bond donors (Lipinski definition) is 3. The number of carbonyl (C=O) groups is 4. The van der Waals surface area contributed by atoms with E-state index in [1.807, 2.05) is 36.4 Å². The van der Waals surface area contributed by atoms with E-state index in [1.165, 1.54) is 11.8 Å². The SMILES string of the molecule is CNC(C)C(=O)N[C@H]1CN(C(=O)c2ccc(NC(C)=O)cc2)c2ccccc2N(Cc2c(OC)ccc3cc(Br)ccc23)C1=O. The second kappa shape index (κ2) is 13.5. The number of anilines is 3. The van der Waals surface area contributed by atoms with E-state index in [9.17, 15) is 19.2 Å². The van der Waals surface area contributed by atoms with E-state index in [2.05, 4.69) is 31.9 Å². The van der Waals surface area contributed by atoms with Crippen LogP contribution in [0.3, 0.4) is 0 Å². The summed E-state index contributed by atoms with van der Waals surface area (Å²) >= 11 is 3.54. The Balaban J connectivity index is 1.62. The van der Waals surface area contributed by atoms with Crippen LogP contribution in [0.25, 0.3) is 10.8 Å². The monoisotopic (exact) mass is 671 g/mol. The molecule has 4 aromatic rings. The van der Waals surface area contributed by atoms with Crippen LogP contribution in [0.5, 0.6) is 5.75 Å². The molecule has 1 aliphatic rings. The minimum absolute atomic E-state index is 0.0968. The number of ether oxygens (including phenoxy) is 1. The molecule has 0 radical (unpaired) electrons. The molecule has 2 atom stereocenters. The summed E-state index contributed by atoms with van der Waals surface area (Å²) in [5.74, 6) is -0.720. The summed E-state index contributed by atoms with van der Waals surface area (Å²) in [4.78, 5) is 56.3. The maximum Gasteiger partial charge on any atom is 0.258 e. The zero-order valence-corrected chi connectivity index (χ0v) is 27.0. The van der Waals surface area contributed by atoms with Crippen molar-refractivity contribution in [3.63, 3.8) is 0 Å². The molecule has 0 saturated carbocycles. The largest absolute Gasteiger partial charge is 0.496 e. The molecule has 4 aromatic carbocycles. The average Bonchev–Trinajstić information content (AvgIpc) is 3.14. The van der Waals surface area contributed by atoms with E-state index in [-0.39, 0.29) is 36.7 Å². The number of benzene rings is 4. The fourth-order valence-corrected chi connectivity index (χ4v) is 5.77. The zero-order valence-electron chi connectivity index (χ0n) is 25.4.